The van der Waals surface area contributed by atoms with Crippen molar-refractivity contribution in [2.24, 2.45) is 0 Å². The molecule has 1 amide bonds. The number of aryl methyl sites for hydroxylation is 1. The van der Waals surface area contributed by atoms with Gasteiger partial charge in [0.25, 0.3) is 5.69 Å². The van der Waals surface area contributed by atoms with Gasteiger partial charge in [-0.15, -0.1) is 0 Å². The summed E-state index contributed by atoms with van der Waals surface area (Å²) in [6.45, 7) is 3.59. The van der Waals surface area contributed by atoms with Gasteiger partial charge in [-0.05, 0) is 50.2 Å². The van der Waals surface area contributed by atoms with Gasteiger partial charge in [0.1, 0.15) is 5.69 Å². The molecule has 10 heteroatoms. The van der Waals surface area contributed by atoms with Crippen molar-refractivity contribution in [1.82, 2.24) is 4.72 Å². The van der Waals surface area contributed by atoms with Crippen molar-refractivity contribution in [1.29, 1.82) is 0 Å². The van der Waals surface area contributed by atoms with Crippen LogP contribution in [0.2, 0.25) is 0 Å². The lowest BCUT2D eigenvalue weighted by molar-refractivity contribution is -0.384. The molecule has 0 saturated heterocycles. The lowest BCUT2D eigenvalue weighted by Gasteiger charge is -2.12. The molecule has 0 aliphatic rings. The molecule has 0 unspecified atom stereocenters. The first-order valence-electron chi connectivity index (χ1n) is 7.97. The molecule has 2 rings (SSSR count). The van der Waals surface area contributed by atoms with E-state index in [1.165, 1.54) is 19.2 Å². The Hall–Kier alpha value is -2.98. The summed E-state index contributed by atoms with van der Waals surface area (Å²) in [7, 11) is -2.60. The summed E-state index contributed by atoms with van der Waals surface area (Å²) >= 11 is 0. The number of sulfonamides is 1. The third-order valence-electron chi connectivity index (χ3n) is 4.06. The number of benzene rings is 2. The zero-order valence-corrected chi connectivity index (χ0v) is 15.9. The van der Waals surface area contributed by atoms with Crippen LogP contribution in [0.25, 0.3) is 0 Å². The van der Waals surface area contributed by atoms with Crippen LogP contribution in [0.4, 0.5) is 17.1 Å². The van der Waals surface area contributed by atoms with Gasteiger partial charge in [0.2, 0.25) is 15.9 Å². The highest BCUT2D eigenvalue weighted by Gasteiger charge is 2.20. The fourth-order valence-corrected chi connectivity index (χ4v) is 3.10. The third kappa shape index (κ3) is 4.80. The normalized spacial score (nSPS) is 11.1. The molecule has 0 saturated carbocycles. The molecule has 2 aromatic carbocycles. The van der Waals surface area contributed by atoms with Gasteiger partial charge in [0.05, 0.1) is 16.4 Å². The number of carbonyl (C=O) groups is 1. The molecule has 0 atom stereocenters. The molecule has 0 heterocycles. The van der Waals surface area contributed by atoms with Crippen LogP contribution >= 0.6 is 0 Å². The fraction of sp³-hybridized carbons (Fsp3) is 0.235. The number of hydrogen-bond donors (Lipinski definition) is 3. The number of nitrogens with zero attached hydrogens (tertiary/aromatic N) is 1. The van der Waals surface area contributed by atoms with Crippen molar-refractivity contribution in [3.05, 3.63) is 57.6 Å². The molecule has 9 nitrogen and oxygen atoms in total. The molecule has 2 aromatic rings. The van der Waals surface area contributed by atoms with Crippen molar-refractivity contribution in [3.8, 4) is 0 Å². The lowest BCUT2D eigenvalue weighted by atomic mass is 10.1. The number of anilines is 2. The predicted octanol–water partition coefficient (Wildman–Crippen LogP) is 2.17. The van der Waals surface area contributed by atoms with Gasteiger partial charge in [-0.25, -0.2) is 13.1 Å². The van der Waals surface area contributed by atoms with Crippen molar-refractivity contribution in [2.75, 3.05) is 24.2 Å². The average molecular weight is 392 g/mol. The van der Waals surface area contributed by atoms with Crippen LogP contribution in [-0.2, 0) is 14.8 Å². The van der Waals surface area contributed by atoms with Gasteiger partial charge in [-0.3, -0.25) is 14.9 Å². The van der Waals surface area contributed by atoms with Crippen molar-refractivity contribution >= 4 is 33.0 Å². The van der Waals surface area contributed by atoms with E-state index in [0.717, 1.165) is 17.2 Å². The summed E-state index contributed by atoms with van der Waals surface area (Å²) in [5, 5.41) is 16.7. The van der Waals surface area contributed by atoms with Crippen molar-refractivity contribution in [2.45, 2.75) is 18.7 Å². The Bertz CT molecular complexity index is 989. The highest BCUT2D eigenvalue weighted by atomic mass is 32.2. The van der Waals surface area contributed by atoms with E-state index in [9.17, 15) is 23.3 Å². The molecule has 0 aliphatic heterocycles. The van der Waals surface area contributed by atoms with Crippen LogP contribution in [0.5, 0.6) is 0 Å². The lowest BCUT2D eigenvalue weighted by Crippen LogP contribution is -2.23. The number of carbonyl (C=O) groups excluding carboxylic acids is 1. The Labute approximate surface area is 157 Å². The monoisotopic (exact) mass is 392 g/mol. The van der Waals surface area contributed by atoms with Gasteiger partial charge in [-0.2, -0.15) is 0 Å². The van der Waals surface area contributed by atoms with Crippen LogP contribution in [0.3, 0.4) is 0 Å². The van der Waals surface area contributed by atoms with E-state index in [2.05, 4.69) is 15.4 Å². The van der Waals surface area contributed by atoms with E-state index in [1.807, 2.05) is 26.0 Å². The van der Waals surface area contributed by atoms with Crippen molar-refractivity contribution in [3.63, 3.8) is 0 Å². The standard InChI is InChI=1S/C17H20N4O5S/c1-11-5-4-6-14(12(11)2)20-17(22)10-19-15-8-7-13(27(25,26)18-3)9-16(15)21(23)24/h4-9,18-19H,10H2,1-3H3,(H,20,22). The van der Waals surface area contributed by atoms with E-state index >= 15 is 0 Å². The maximum absolute atomic E-state index is 12.2. The van der Waals surface area contributed by atoms with Gasteiger partial charge in [0.15, 0.2) is 0 Å². The second-order valence-corrected chi connectivity index (χ2v) is 7.68. The van der Waals surface area contributed by atoms with Crippen LogP contribution in [0.1, 0.15) is 11.1 Å². The van der Waals surface area contributed by atoms with Gasteiger partial charge in [0, 0.05) is 11.8 Å². The minimum absolute atomic E-state index is 0.0474. The summed E-state index contributed by atoms with van der Waals surface area (Å²) in [4.78, 5) is 22.5. The molecule has 3 N–H and O–H groups in total. The third-order valence-corrected chi connectivity index (χ3v) is 5.48. The van der Waals surface area contributed by atoms with Crippen LogP contribution in [0.15, 0.2) is 41.3 Å². The molecule has 0 spiro atoms. The summed E-state index contributed by atoms with van der Waals surface area (Å²) in [6.07, 6.45) is 0. The first kappa shape index (κ1) is 20.3. The molecule has 0 radical (unpaired) electrons. The van der Waals surface area contributed by atoms with E-state index in [1.54, 1.807) is 6.07 Å². The average Bonchev–Trinajstić information content (AvgIpc) is 2.63. The Morgan fingerprint density at radius 1 is 1.15 bits per heavy atom. The maximum atomic E-state index is 12.2. The Kier molecular flexibility index (Phi) is 6.13. The second kappa shape index (κ2) is 8.14. The number of amides is 1. The Morgan fingerprint density at radius 3 is 2.48 bits per heavy atom. The number of nitrogens with one attached hydrogen (secondary N) is 3. The molecular weight excluding hydrogens is 372 g/mol. The van der Waals surface area contributed by atoms with E-state index in [0.29, 0.717) is 5.69 Å². The van der Waals surface area contributed by atoms with Gasteiger partial charge in [-0.1, -0.05) is 12.1 Å². The smallest absolute Gasteiger partial charge is 0.293 e. The van der Waals surface area contributed by atoms with Crippen LogP contribution in [-0.4, -0.2) is 32.8 Å². The molecule has 0 aliphatic carbocycles. The van der Waals surface area contributed by atoms with Gasteiger partial charge >= 0.3 is 0 Å². The first-order valence-corrected chi connectivity index (χ1v) is 9.46. The van der Waals surface area contributed by atoms with Gasteiger partial charge < -0.3 is 10.6 Å². The quantitative estimate of drug-likeness (QED) is 0.489. The number of nitro benzene ring substituents is 1. The summed E-state index contributed by atoms with van der Waals surface area (Å²) < 4.78 is 25.7. The predicted molar refractivity (Wildman–Crippen MR) is 102 cm³/mol. The summed E-state index contributed by atoms with van der Waals surface area (Å²) in [6, 6.07) is 8.93. The minimum Gasteiger partial charge on any atom is -0.371 e. The topological polar surface area (TPSA) is 130 Å². The van der Waals surface area contributed by atoms with Crippen LogP contribution in [0, 0.1) is 24.0 Å². The van der Waals surface area contributed by atoms with Crippen LogP contribution < -0.4 is 15.4 Å². The van der Waals surface area contributed by atoms with Crippen molar-refractivity contribution < 1.29 is 18.1 Å². The number of rotatable bonds is 7. The first-order chi connectivity index (χ1) is 12.7. The molecule has 27 heavy (non-hydrogen) atoms. The highest BCUT2D eigenvalue weighted by Crippen LogP contribution is 2.27. The molecule has 0 bridgehead atoms. The number of hydrogen-bond acceptors (Lipinski definition) is 6. The van der Waals surface area contributed by atoms with E-state index < -0.39 is 20.6 Å². The molecule has 0 fully saturated rings. The molecule has 0 aromatic heterocycles. The minimum atomic E-state index is -3.81. The van der Waals surface area contributed by atoms with E-state index in [4.69, 9.17) is 0 Å². The fourth-order valence-electron chi connectivity index (χ4n) is 2.35. The maximum Gasteiger partial charge on any atom is 0.293 e. The second-order valence-electron chi connectivity index (χ2n) is 5.79. The zero-order chi connectivity index (χ0) is 20.2. The summed E-state index contributed by atoms with van der Waals surface area (Å²) in [5.41, 5.74) is 2.22. The molecular formula is C17H20N4O5S. The van der Waals surface area contributed by atoms with E-state index in [-0.39, 0.29) is 23.0 Å². The highest BCUT2D eigenvalue weighted by molar-refractivity contribution is 7.89. The SMILES string of the molecule is CNS(=O)(=O)c1ccc(NCC(=O)Nc2cccc(C)c2C)c([N+](=O)[O-])c1. The Balaban J connectivity index is 2.16. The number of nitro groups is 1. The summed E-state index contributed by atoms with van der Waals surface area (Å²) in [5.74, 6) is -0.384. The Morgan fingerprint density at radius 2 is 1.85 bits per heavy atom. The molecule has 144 valence electrons. The zero-order valence-electron chi connectivity index (χ0n) is 15.1. The largest absolute Gasteiger partial charge is 0.371 e.